The second kappa shape index (κ2) is 6.11. The molecule has 0 aliphatic rings. The lowest BCUT2D eigenvalue weighted by Crippen LogP contribution is -2.11. The molecule has 0 bridgehead atoms. The van der Waals surface area contributed by atoms with Crippen LogP contribution < -0.4 is 5.32 Å². The molecule has 20 heavy (non-hydrogen) atoms. The first kappa shape index (κ1) is 13.2. The molecule has 1 aromatic heterocycles. The Balaban J connectivity index is 1.76. The Hall–Kier alpha value is -1.78. The average Bonchev–Trinajstić information content (AvgIpc) is 2.92. The van der Waals surface area contributed by atoms with E-state index in [-0.39, 0.29) is 0 Å². The molecule has 0 amide bonds. The molecule has 3 aromatic rings. The molecule has 0 fully saturated rings. The van der Waals surface area contributed by atoms with Crippen molar-refractivity contribution in [3.8, 4) is 0 Å². The minimum atomic E-state index is 0.811. The summed E-state index contributed by atoms with van der Waals surface area (Å²) < 4.78 is 0. The minimum absolute atomic E-state index is 0.811. The van der Waals surface area contributed by atoms with Crippen molar-refractivity contribution in [2.75, 3.05) is 6.54 Å². The van der Waals surface area contributed by atoms with E-state index in [4.69, 9.17) is 0 Å². The van der Waals surface area contributed by atoms with Crippen LogP contribution >= 0.6 is 11.3 Å². The maximum atomic E-state index is 4.27. The van der Waals surface area contributed by atoms with Crippen LogP contribution in [0.5, 0.6) is 0 Å². The molecule has 1 N–H and O–H groups in total. The van der Waals surface area contributed by atoms with Gasteiger partial charge in [0.05, 0.1) is 0 Å². The van der Waals surface area contributed by atoms with Crippen molar-refractivity contribution in [3.05, 3.63) is 58.0 Å². The third kappa shape index (κ3) is 3.03. The molecule has 3 nitrogen and oxygen atoms in total. The summed E-state index contributed by atoms with van der Waals surface area (Å²) in [5.74, 6) is 0. The Morgan fingerprint density at radius 1 is 1.00 bits per heavy atom. The van der Waals surface area contributed by atoms with Crippen molar-refractivity contribution < 1.29 is 0 Å². The Labute approximate surface area is 122 Å². The van der Waals surface area contributed by atoms with Gasteiger partial charge in [-0.1, -0.05) is 60.7 Å². The number of rotatable bonds is 5. The smallest absolute Gasteiger partial charge is 0.131 e. The van der Waals surface area contributed by atoms with Gasteiger partial charge in [-0.25, -0.2) is 0 Å². The van der Waals surface area contributed by atoms with Crippen molar-refractivity contribution >= 4 is 22.1 Å². The molecule has 3 rings (SSSR count). The fourth-order valence-corrected chi connectivity index (χ4v) is 3.03. The largest absolute Gasteiger partial charge is 0.311 e. The van der Waals surface area contributed by atoms with Crippen LogP contribution in [0.4, 0.5) is 0 Å². The maximum Gasteiger partial charge on any atom is 0.131 e. The van der Waals surface area contributed by atoms with Crippen molar-refractivity contribution in [2.45, 2.75) is 19.9 Å². The molecule has 2 aromatic carbocycles. The number of hydrogen-bond donors (Lipinski definition) is 1. The normalized spacial score (nSPS) is 11.1. The third-order valence-electron chi connectivity index (χ3n) is 3.20. The Kier molecular flexibility index (Phi) is 4.04. The molecule has 0 spiro atoms. The van der Waals surface area contributed by atoms with E-state index in [1.54, 1.807) is 11.3 Å². The van der Waals surface area contributed by atoms with E-state index in [0.717, 1.165) is 29.5 Å². The molecular weight excluding hydrogens is 266 g/mol. The summed E-state index contributed by atoms with van der Waals surface area (Å²) in [5, 5.41) is 16.5. The van der Waals surface area contributed by atoms with E-state index in [9.17, 15) is 0 Å². The van der Waals surface area contributed by atoms with Crippen molar-refractivity contribution in [2.24, 2.45) is 0 Å². The molecule has 0 saturated heterocycles. The Morgan fingerprint density at radius 3 is 2.65 bits per heavy atom. The van der Waals surface area contributed by atoms with Gasteiger partial charge in [0.25, 0.3) is 0 Å². The van der Waals surface area contributed by atoms with Gasteiger partial charge in [0.15, 0.2) is 0 Å². The summed E-state index contributed by atoms with van der Waals surface area (Å²) in [7, 11) is 0. The van der Waals surface area contributed by atoms with Gasteiger partial charge >= 0.3 is 0 Å². The zero-order valence-electron chi connectivity index (χ0n) is 11.5. The van der Waals surface area contributed by atoms with Crippen molar-refractivity contribution in [3.63, 3.8) is 0 Å². The van der Waals surface area contributed by atoms with Gasteiger partial charge in [-0.2, -0.15) is 0 Å². The highest BCUT2D eigenvalue weighted by Gasteiger charge is 2.05. The van der Waals surface area contributed by atoms with Gasteiger partial charge in [0, 0.05) is 13.0 Å². The predicted molar refractivity (Wildman–Crippen MR) is 84.0 cm³/mol. The summed E-state index contributed by atoms with van der Waals surface area (Å²) in [4.78, 5) is 0. The third-order valence-corrected chi connectivity index (χ3v) is 4.13. The molecule has 1 heterocycles. The zero-order chi connectivity index (χ0) is 13.8. The van der Waals surface area contributed by atoms with Gasteiger partial charge in [0.2, 0.25) is 0 Å². The molecule has 0 atom stereocenters. The zero-order valence-corrected chi connectivity index (χ0v) is 12.3. The lowest BCUT2D eigenvalue weighted by atomic mass is 10.1. The molecule has 0 unspecified atom stereocenters. The summed E-state index contributed by atoms with van der Waals surface area (Å²) >= 11 is 1.69. The molecule has 4 heteroatoms. The van der Waals surface area contributed by atoms with Crippen LogP contribution in [-0.2, 0) is 13.0 Å². The van der Waals surface area contributed by atoms with Gasteiger partial charge in [0.1, 0.15) is 10.0 Å². The number of benzene rings is 2. The molecule has 0 aliphatic carbocycles. The van der Waals surface area contributed by atoms with Gasteiger partial charge in [-0.15, -0.1) is 10.2 Å². The second-order valence-corrected chi connectivity index (χ2v) is 5.87. The number of nitrogens with one attached hydrogen (secondary N) is 1. The van der Waals surface area contributed by atoms with Crippen LogP contribution in [0, 0.1) is 0 Å². The summed E-state index contributed by atoms with van der Waals surface area (Å²) in [6, 6.07) is 15.0. The van der Waals surface area contributed by atoms with E-state index < -0.39 is 0 Å². The number of hydrogen-bond acceptors (Lipinski definition) is 4. The van der Waals surface area contributed by atoms with E-state index in [1.165, 1.54) is 16.3 Å². The topological polar surface area (TPSA) is 37.8 Å². The van der Waals surface area contributed by atoms with Crippen LogP contribution in [-0.4, -0.2) is 16.7 Å². The van der Waals surface area contributed by atoms with E-state index >= 15 is 0 Å². The number of fused-ring (bicyclic) bond motifs is 1. The fourth-order valence-electron chi connectivity index (χ4n) is 2.19. The first-order chi connectivity index (χ1) is 9.85. The Bertz CT molecular complexity index is 706. The first-order valence-electron chi connectivity index (χ1n) is 6.85. The summed E-state index contributed by atoms with van der Waals surface area (Å²) in [5.41, 5.74) is 1.29. The SMILES string of the molecule is CCNCc1nnc(Cc2ccc3ccccc3c2)s1. The molecule has 102 valence electrons. The fraction of sp³-hybridized carbons (Fsp3) is 0.250. The van der Waals surface area contributed by atoms with Gasteiger partial charge < -0.3 is 5.32 Å². The maximum absolute atomic E-state index is 4.27. The lowest BCUT2D eigenvalue weighted by molar-refractivity contribution is 0.714. The van der Waals surface area contributed by atoms with Crippen LogP contribution in [0.2, 0.25) is 0 Å². The molecule has 0 saturated carbocycles. The quantitative estimate of drug-likeness (QED) is 0.780. The Morgan fingerprint density at radius 2 is 1.80 bits per heavy atom. The van der Waals surface area contributed by atoms with Crippen molar-refractivity contribution in [1.29, 1.82) is 0 Å². The molecular formula is C16H17N3S. The van der Waals surface area contributed by atoms with Crippen molar-refractivity contribution in [1.82, 2.24) is 15.5 Å². The summed E-state index contributed by atoms with van der Waals surface area (Å²) in [6.45, 7) is 3.86. The van der Waals surface area contributed by atoms with Crippen LogP contribution in [0.15, 0.2) is 42.5 Å². The first-order valence-corrected chi connectivity index (χ1v) is 7.66. The van der Waals surface area contributed by atoms with E-state index in [0.29, 0.717) is 0 Å². The van der Waals surface area contributed by atoms with Crippen LogP contribution in [0.3, 0.4) is 0 Å². The standard InChI is InChI=1S/C16H17N3S/c1-2-17-11-16-19-18-15(20-16)10-12-7-8-13-5-3-4-6-14(13)9-12/h3-9,17H,2,10-11H2,1H3. The minimum Gasteiger partial charge on any atom is -0.311 e. The highest BCUT2D eigenvalue weighted by atomic mass is 32.1. The number of aromatic nitrogens is 2. The number of nitrogens with zero attached hydrogens (tertiary/aromatic N) is 2. The van der Waals surface area contributed by atoms with Gasteiger partial charge in [-0.3, -0.25) is 0 Å². The highest BCUT2D eigenvalue weighted by Crippen LogP contribution is 2.19. The van der Waals surface area contributed by atoms with E-state index in [1.807, 2.05) is 0 Å². The predicted octanol–water partition coefficient (Wildman–Crippen LogP) is 3.39. The van der Waals surface area contributed by atoms with Crippen LogP contribution in [0.25, 0.3) is 10.8 Å². The molecule has 0 radical (unpaired) electrons. The second-order valence-electron chi connectivity index (χ2n) is 4.73. The summed E-state index contributed by atoms with van der Waals surface area (Å²) in [6.07, 6.45) is 0.856. The average molecular weight is 283 g/mol. The van der Waals surface area contributed by atoms with E-state index in [2.05, 4.69) is 64.9 Å². The highest BCUT2D eigenvalue weighted by molar-refractivity contribution is 7.11. The van der Waals surface area contributed by atoms with Gasteiger partial charge in [-0.05, 0) is 22.9 Å². The van der Waals surface area contributed by atoms with Crippen LogP contribution in [0.1, 0.15) is 22.5 Å². The molecule has 0 aliphatic heterocycles. The monoisotopic (exact) mass is 283 g/mol. The lowest BCUT2D eigenvalue weighted by Gasteiger charge is -2.01.